The summed E-state index contributed by atoms with van der Waals surface area (Å²) in [7, 11) is 0. The fourth-order valence-corrected chi connectivity index (χ4v) is 3.25. The maximum Gasteiger partial charge on any atom is 0.254 e. The molecule has 6 nitrogen and oxygen atoms in total. The average molecular weight is 349 g/mol. The van der Waals surface area contributed by atoms with Gasteiger partial charge in [0.1, 0.15) is 5.82 Å². The highest BCUT2D eigenvalue weighted by Gasteiger charge is 2.29. The van der Waals surface area contributed by atoms with E-state index in [0.29, 0.717) is 39.4 Å². The molecule has 0 aliphatic carbocycles. The van der Waals surface area contributed by atoms with Crippen LogP contribution in [0.4, 0.5) is 4.39 Å². The zero-order valence-electron chi connectivity index (χ0n) is 14.2. The first-order valence-corrected chi connectivity index (χ1v) is 8.77. The number of nitrogens with one attached hydrogen (secondary N) is 1. The van der Waals surface area contributed by atoms with Crippen LogP contribution in [-0.4, -0.2) is 74.1 Å². The Bertz CT molecular complexity index is 611. The molecule has 2 amide bonds. The number of amides is 2. The van der Waals surface area contributed by atoms with Crippen molar-refractivity contribution in [3.05, 3.63) is 35.6 Å². The van der Waals surface area contributed by atoms with Crippen molar-refractivity contribution in [2.45, 2.75) is 6.42 Å². The molecule has 0 saturated carbocycles. The molecule has 1 aromatic carbocycles. The Balaban J connectivity index is 1.37. The number of halogens is 1. The zero-order valence-corrected chi connectivity index (χ0v) is 14.2. The van der Waals surface area contributed by atoms with Crippen LogP contribution in [0.3, 0.4) is 0 Å². The fourth-order valence-electron chi connectivity index (χ4n) is 3.25. The molecule has 136 valence electrons. The van der Waals surface area contributed by atoms with E-state index in [1.54, 1.807) is 12.1 Å². The minimum atomic E-state index is -0.511. The Kier molecular flexibility index (Phi) is 5.99. The Morgan fingerprint density at radius 2 is 1.96 bits per heavy atom. The van der Waals surface area contributed by atoms with Gasteiger partial charge in [-0.15, -0.1) is 0 Å². The smallest absolute Gasteiger partial charge is 0.254 e. The van der Waals surface area contributed by atoms with Crippen molar-refractivity contribution in [1.29, 1.82) is 0 Å². The highest BCUT2D eigenvalue weighted by molar-refractivity contribution is 5.94. The van der Waals surface area contributed by atoms with Crippen molar-refractivity contribution in [1.82, 2.24) is 15.1 Å². The molecular formula is C18H24FN3O3. The van der Waals surface area contributed by atoms with Crippen molar-refractivity contribution in [3.8, 4) is 0 Å². The Morgan fingerprint density at radius 3 is 2.64 bits per heavy atom. The lowest BCUT2D eigenvalue weighted by Crippen LogP contribution is -2.51. The molecule has 7 heteroatoms. The van der Waals surface area contributed by atoms with Gasteiger partial charge in [-0.05, 0) is 18.6 Å². The van der Waals surface area contributed by atoms with E-state index in [4.69, 9.17) is 4.74 Å². The van der Waals surface area contributed by atoms with E-state index in [9.17, 15) is 14.0 Å². The number of benzene rings is 1. The van der Waals surface area contributed by atoms with Gasteiger partial charge < -0.3 is 15.0 Å². The van der Waals surface area contributed by atoms with Crippen LogP contribution in [-0.2, 0) is 9.53 Å². The third-order valence-electron chi connectivity index (χ3n) is 4.79. The fraction of sp³-hybridized carbons (Fsp3) is 0.556. The molecule has 2 aliphatic heterocycles. The molecule has 1 atom stereocenters. The third-order valence-corrected chi connectivity index (χ3v) is 4.79. The van der Waals surface area contributed by atoms with Gasteiger partial charge in [-0.3, -0.25) is 14.5 Å². The van der Waals surface area contributed by atoms with E-state index in [-0.39, 0.29) is 17.4 Å². The van der Waals surface area contributed by atoms with Crippen LogP contribution in [0, 0.1) is 11.7 Å². The molecule has 2 heterocycles. The Labute approximate surface area is 146 Å². The molecule has 0 spiro atoms. The second-order valence-electron chi connectivity index (χ2n) is 6.46. The molecule has 2 aliphatic rings. The van der Waals surface area contributed by atoms with Gasteiger partial charge in [0.25, 0.3) is 5.91 Å². The SMILES string of the molecule is O=C(NCCN1CCN(C(=O)C2CCOC2)CC1)c1ccccc1F. The number of rotatable bonds is 5. The zero-order chi connectivity index (χ0) is 17.6. The molecule has 1 unspecified atom stereocenters. The maximum absolute atomic E-state index is 13.6. The van der Waals surface area contributed by atoms with Crippen LogP contribution in [0.1, 0.15) is 16.8 Å². The lowest BCUT2D eigenvalue weighted by Gasteiger charge is -2.35. The normalized spacial score (nSPS) is 21.3. The van der Waals surface area contributed by atoms with Crippen LogP contribution in [0.15, 0.2) is 24.3 Å². The largest absolute Gasteiger partial charge is 0.381 e. The summed E-state index contributed by atoms with van der Waals surface area (Å²) in [6.07, 6.45) is 0.821. The molecule has 1 N–H and O–H groups in total. The molecule has 3 rings (SSSR count). The molecule has 1 aromatic rings. The number of carbonyl (C=O) groups is 2. The summed E-state index contributed by atoms with van der Waals surface area (Å²) >= 11 is 0. The molecule has 0 radical (unpaired) electrons. The minimum absolute atomic E-state index is 0.0200. The summed E-state index contributed by atoms with van der Waals surface area (Å²) in [4.78, 5) is 28.4. The van der Waals surface area contributed by atoms with Crippen LogP contribution in [0.2, 0.25) is 0 Å². The van der Waals surface area contributed by atoms with E-state index < -0.39 is 11.7 Å². The number of ether oxygens (including phenoxy) is 1. The van der Waals surface area contributed by atoms with Crippen molar-refractivity contribution < 1.29 is 18.7 Å². The van der Waals surface area contributed by atoms with E-state index in [0.717, 1.165) is 19.5 Å². The first kappa shape index (κ1) is 17.8. The monoisotopic (exact) mass is 349 g/mol. The lowest BCUT2D eigenvalue weighted by atomic mass is 10.1. The quantitative estimate of drug-likeness (QED) is 0.852. The number of hydrogen-bond acceptors (Lipinski definition) is 4. The highest BCUT2D eigenvalue weighted by atomic mass is 19.1. The van der Waals surface area contributed by atoms with E-state index in [2.05, 4.69) is 10.2 Å². The summed E-state index contributed by atoms with van der Waals surface area (Å²) in [5.74, 6) is -0.687. The van der Waals surface area contributed by atoms with Crippen LogP contribution in [0.5, 0.6) is 0 Å². The van der Waals surface area contributed by atoms with Gasteiger partial charge >= 0.3 is 0 Å². The van der Waals surface area contributed by atoms with Gasteiger partial charge in [-0.1, -0.05) is 12.1 Å². The van der Waals surface area contributed by atoms with E-state index >= 15 is 0 Å². The number of piperazine rings is 1. The number of hydrogen-bond donors (Lipinski definition) is 1. The van der Waals surface area contributed by atoms with Gasteiger partial charge in [0, 0.05) is 45.9 Å². The summed E-state index contributed by atoms with van der Waals surface area (Å²) in [6.45, 7) is 5.35. The predicted molar refractivity (Wildman–Crippen MR) is 90.7 cm³/mol. The maximum atomic E-state index is 13.6. The summed E-state index contributed by atoms with van der Waals surface area (Å²) in [6, 6.07) is 5.95. The van der Waals surface area contributed by atoms with Gasteiger partial charge in [0.05, 0.1) is 18.1 Å². The first-order chi connectivity index (χ1) is 12.1. The lowest BCUT2D eigenvalue weighted by molar-refractivity contribution is -0.137. The topological polar surface area (TPSA) is 61.9 Å². The van der Waals surface area contributed by atoms with Crippen LogP contribution in [0.25, 0.3) is 0 Å². The minimum Gasteiger partial charge on any atom is -0.381 e. The van der Waals surface area contributed by atoms with E-state index in [1.165, 1.54) is 12.1 Å². The molecule has 2 fully saturated rings. The summed E-state index contributed by atoms with van der Waals surface area (Å²) in [5.41, 5.74) is 0.0664. The number of carbonyl (C=O) groups excluding carboxylic acids is 2. The Morgan fingerprint density at radius 1 is 1.20 bits per heavy atom. The van der Waals surface area contributed by atoms with Gasteiger partial charge in [-0.2, -0.15) is 0 Å². The molecule has 0 bridgehead atoms. The predicted octanol–water partition coefficient (Wildman–Crippen LogP) is 0.736. The van der Waals surface area contributed by atoms with Crippen LogP contribution < -0.4 is 5.32 Å². The molecule has 25 heavy (non-hydrogen) atoms. The molecule has 2 saturated heterocycles. The van der Waals surface area contributed by atoms with Crippen molar-refractivity contribution in [2.24, 2.45) is 5.92 Å². The number of nitrogens with zero attached hydrogens (tertiary/aromatic N) is 2. The van der Waals surface area contributed by atoms with Crippen LogP contribution >= 0.6 is 0 Å². The third kappa shape index (κ3) is 4.55. The van der Waals surface area contributed by atoms with Crippen molar-refractivity contribution >= 4 is 11.8 Å². The van der Waals surface area contributed by atoms with Crippen molar-refractivity contribution in [3.63, 3.8) is 0 Å². The standard InChI is InChI=1S/C18H24FN3O3/c19-16-4-2-1-3-15(16)17(23)20-6-7-21-8-10-22(11-9-21)18(24)14-5-12-25-13-14/h1-4,14H,5-13H2,(H,20,23). The molecular weight excluding hydrogens is 325 g/mol. The first-order valence-electron chi connectivity index (χ1n) is 8.77. The van der Waals surface area contributed by atoms with Gasteiger partial charge in [0.2, 0.25) is 5.91 Å². The Hall–Kier alpha value is -1.99. The van der Waals surface area contributed by atoms with Crippen molar-refractivity contribution in [2.75, 3.05) is 52.5 Å². The molecule has 0 aromatic heterocycles. The highest BCUT2D eigenvalue weighted by Crippen LogP contribution is 2.16. The second-order valence-corrected chi connectivity index (χ2v) is 6.46. The second kappa shape index (κ2) is 8.40. The summed E-state index contributed by atoms with van der Waals surface area (Å²) < 4.78 is 18.8. The summed E-state index contributed by atoms with van der Waals surface area (Å²) in [5, 5.41) is 2.75. The average Bonchev–Trinajstić information content (AvgIpc) is 3.16. The van der Waals surface area contributed by atoms with E-state index in [1.807, 2.05) is 4.90 Å². The van der Waals surface area contributed by atoms with Gasteiger partial charge in [-0.25, -0.2) is 4.39 Å². The van der Waals surface area contributed by atoms with Gasteiger partial charge in [0.15, 0.2) is 0 Å².